The standard InChI is InChI=1S/C19H19NO5/c1-2-25-18(24)19(17(22)23,13-14-9-5-3-6-10-14)20-16(21)15-11-7-4-8-12-15/h3-12H,2,13H2,1H3,(H,20,21)(H,22,23)/t19-/m0/s1. The third kappa shape index (κ3) is 4.23. The summed E-state index contributed by atoms with van der Waals surface area (Å²) in [6.07, 6.45) is -0.222. The zero-order chi connectivity index (χ0) is 18.3. The van der Waals surface area contributed by atoms with Crippen LogP contribution in [0.2, 0.25) is 0 Å². The molecule has 0 unspecified atom stereocenters. The normalized spacial score (nSPS) is 12.7. The summed E-state index contributed by atoms with van der Waals surface area (Å²) in [5, 5.41) is 12.1. The summed E-state index contributed by atoms with van der Waals surface area (Å²) in [5.41, 5.74) is -1.36. The highest BCUT2D eigenvalue weighted by molar-refractivity contribution is 6.09. The van der Waals surface area contributed by atoms with E-state index in [0.29, 0.717) is 5.56 Å². The lowest BCUT2D eigenvalue weighted by atomic mass is 9.90. The van der Waals surface area contributed by atoms with Crippen LogP contribution >= 0.6 is 0 Å². The van der Waals surface area contributed by atoms with Gasteiger partial charge in [-0.15, -0.1) is 0 Å². The maximum atomic E-state index is 12.5. The van der Waals surface area contributed by atoms with Gasteiger partial charge in [-0.05, 0) is 24.6 Å². The van der Waals surface area contributed by atoms with Crippen LogP contribution in [-0.2, 0) is 20.7 Å². The lowest BCUT2D eigenvalue weighted by molar-refractivity contribution is -0.162. The van der Waals surface area contributed by atoms with Crippen LogP contribution in [0.3, 0.4) is 0 Å². The zero-order valence-electron chi connectivity index (χ0n) is 13.8. The number of carboxylic acid groups (broad SMARTS) is 1. The summed E-state index contributed by atoms with van der Waals surface area (Å²) in [4.78, 5) is 36.9. The van der Waals surface area contributed by atoms with Crippen LogP contribution in [0.25, 0.3) is 0 Å². The van der Waals surface area contributed by atoms with Crippen molar-refractivity contribution in [3.05, 3.63) is 71.8 Å². The predicted molar refractivity (Wildman–Crippen MR) is 91.1 cm³/mol. The Morgan fingerprint density at radius 2 is 1.56 bits per heavy atom. The number of ether oxygens (including phenoxy) is 1. The SMILES string of the molecule is CCOC(=O)[C@@](Cc1ccccc1)(NC(=O)c1ccccc1)C(=O)O. The van der Waals surface area contributed by atoms with Gasteiger partial charge in [0.2, 0.25) is 5.54 Å². The van der Waals surface area contributed by atoms with Crippen molar-refractivity contribution >= 4 is 17.8 Å². The van der Waals surface area contributed by atoms with E-state index < -0.39 is 23.4 Å². The number of esters is 1. The van der Waals surface area contributed by atoms with Crippen molar-refractivity contribution in [1.82, 2.24) is 5.32 Å². The van der Waals surface area contributed by atoms with E-state index in [1.54, 1.807) is 55.5 Å². The van der Waals surface area contributed by atoms with Crippen LogP contribution in [0.4, 0.5) is 0 Å². The minimum atomic E-state index is -2.20. The minimum absolute atomic E-state index is 0.00383. The molecule has 2 rings (SSSR count). The van der Waals surface area contributed by atoms with E-state index in [1.807, 2.05) is 0 Å². The average Bonchev–Trinajstić information content (AvgIpc) is 2.62. The second-order valence-electron chi connectivity index (χ2n) is 5.41. The lowest BCUT2D eigenvalue weighted by Gasteiger charge is -2.28. The number of aliphatic carboxylic acids is 1. The molecule has 1 atom stereocenters. The summed E-state index contributed by atoms with van der Waals surface area (Å²) in [6.45, 7) is 1.58. The molecule has 0 spiro atoms. The van der Waals surface area contributed by atoms with Gasteiger partial charge in [0, 0.05) is 12.0 Å². The fourth-order valence-electron chi connectivity index (χ4n) is 2.40. The van der Waals surface area contributed by atoms with E-state index in [0.717, 1.165) is 0 Å². The molecular formula is C19H19NO5. The summed E-state index contributed by atoms with van der Waals surface area (Å²) in [5.74, 6) is -3.14. The van der Waals surface area contributed by atoms with E-state index in [-0.39, 0.29) is 18.6 Å². The van der Waals surface area contributed by atoms with Crippen molar-refractivity contribution in [3.63, 3.8) is 0 Å². The molecule has 6 nitrogen and oxygen atoms in total. The van der Waals surface area contributed by atoms with Gasteiger partial charge < -0.3 is 15.2 Å². The Kier molecular flexibility index (Phi) is 5.89. The first-order chi connectivity index (χ1) is 12.0. The predicted octanol–water partition coefficient (Wildman–Crippen LogP) is 2.05. The quantitative estimate of drug-likeness (QED) is 0.594. The molecule has 0 radical (unpaired) electrons. The Balaban J connectivity index is 2.40. The second kappa shape index (κ2) is 8.10. The highest BCUT2D eigenvalue weighted by Crippen LogP contribution is 2.18. The van der Waals surface area contributed by atoms with E-state index in [9.17, 15) is 19.5 Å². The Labute approximate surface area is 145 Å². The third-order valence-electron chi connectivity index (χ3n) is 3.66. The molecule has 2 N–H and O–H groups in total. The highest BCUT2D eigenvalue weighted by atomic mass is 16.5. The molecule has 0 aliphatic carbocycles. The molecular weight excluding hydrogens is 322 g/mol. The van der Waals surface area contributed by atoms with Crippen LogP contribution in [-0.4, -0.2) is 35.1 Å². The second-order valence-corrected chi connectivity index (χ2v) is 5.41. The number of carbonyl (C=O) groups excluding carboxylic acids is 2. The van der Waals surface area contributed by atoms with Crippen LogP contribution < -0.4 is 5.32 Å². The van der Waals surface area contributed by atoms with E-state index in [4.69, 9.17) is 4.74 Å². The van der Waals surface area contributed by atoms with Gasteiger partial charge in [-0.3, -0.25) is 4.79 Å². The number of hydrogen-bond acceptors (Lipinski definition) is 4. The molecule has 1 amide bonds. The molecule has 0 saturated heterocycles. The number of nitrogens with one attached hydrogen (secondary N) is 1. The summed E-state index contributed by atoms with van der Waals surface area (Å²) < 4.78 is 4.94. The Morgan fingerprint density at radius 1 is 1.00 bits per heavy atom. The Hall–Kier alpha value is -3.15. The average molecular weight is 341 g/mol. The van der Waals surface area contributed by atoms with Gasteiger partial charge >= 0.3 is 11.9 Å². The molecule has 0 aliphatic heterocycles. The maximum Gasteiger partial charge on any atom is 0.344 e. The van der Waals surface area contributed by atoms with Gasteiger partial charge in [-0.25, -0.2) is 9.59 Å². The molecule has 0 heterocycles. The molecule has 0 aromatic heterocycles. The smallest absolute Gasteiger partial charge is 0.344 e. The van der Waals surface area contributed by atoms with Gasteiger partial charge in [0.25, 0.3) is 5.91 Å². The molecule has 25 heavy (non-hydrogen) atoms. The molecule has 0 fully saturated rings. The van der Waals surface area contributed by atoms with Gasteiger partial charge in [0.05, 0.1) is 6.61 Å². The summed E-state index contributed by atoms with van der Waals surface area (Å²) in [7, 11) is 0. The number of rotatable bonds is 7. The molecule has 2 aromatic carbocycles. The first-order valence-electron chi connectivity index (χ1n) is 7.81. The van der Waals surface area contributed by atoms with Crippen LogP contribution in [0.15, 0.2) is 60.7 Å². The van der Waals surface area contributed by atoms with Crippen LogP contribution in [0.5, 0.6) is 0 Å². The third-order valence-corrected chi connectivity index (χ3v) is 3.66. The number of carboxylic acids is 1. The molecule has 0 saturated carbocycles. The fourth-order valence-corrected chi connectivity index (χ4v) is 2.40. The van der Waals surface area contributed by atoms with Crippen molar-refractivity contribution in [3.8, 4) is 0 Å². The monoisotopic (exact) mass is 341 g/mol. The van der Waals surface area contributed by atoms with E-state index >= 15 is 0 Å². The number of amides is 1. The summed E-state index contributed by atoms with van der Waals surface area (Å²) >= 11 is 0. The lowest BCUT2D eigenvalue weighted by Crippen LogP contribution is -2.62. The van der Waals surface area contributed by atoms with Crippen LogP contribution in [0.1, 0.15) is 22.8 Å². The Bertz CT molecular complexity index is 745. The van der Waals surface area contributed by atoms with Crippen molar-refractivity contribution in [2.45, 2.75) is 18.9 Å². The largest absolute Gasteiger partial charge is 0.479 e. The molecule has 0 bridgehead atoms. The van der Waals surface area contributed by atoms with Gasteiger partial charge in [0.1, 0.15) is 0 Å². The number of carbonyl (C=O) groups is 3. The molecule has 0 aliphatic rings. The number of hydrogen-bond donors (Lipinski definition) is 2. The Morgan fingerprint density at radius 3 is 2.08 bits per heavy atom. The first kappa shape index (κ1) is 18.2. The first-order valence-corrected chi connectivity index (χ1v) is 7.81. The molecule has 2 aromatic rings. The topological polar surface area (TPSA) is 92.7 Å². The molecule has 130 valence electrons. The summed E-state index contributed by atoms with van der Waals surface area (Å²) in [6, 6.07) is 16.7. The van der Waals surface area contributed by atoms with Crippen molar-refractivity contribution in [1.29, 1.82) is 0 Å². The number of benzene rings is 2. The highest BCUT2D eigenvalue weighted by Gasteiger charge is 2.49. The maximum absolute atomic E-state index is 12.5. The van der Waals surface area contributed by atoms with Gasteiger partial charge in [0.15, 0.2) is 0 Å². The van der Waals surface area contributed by atoms with Crippen LogP contribution in [0, 0.1) is 0 Å². The van der Waals surface area contributed by atoms with Crippen molar-refractivity contribution < 1.29 is 24.2 Å². The van der Waals surface area contributed by atoms with Gasteiger partial charge in [-0.2, -0.15) is 0 Å². The minimum Gasteiger partial charge on any atom is -0.479 e. The van der Waals surface area contributed by atoms with E-state index in [1.165, 1.54) is 12.1 Å². The molecule has 6 heteroatoms. The van der Waals surface area contributed by atoms with Gasteiger partial charge in [-0.1, -0.05) is 48.5 Å². The zero-order valence-corrected chi connectivity index (χ0v) is 13.8. The van der Waals surface area contributed by atoms with Crippen molar-refractivity contribution in [2.24, 2.45) is 0 Å². The van der Waals surface area contributed by atoms with Crippen molar-refractivity contribution in [2.75, 3.05) is 6.61 Å². The fraction of sp³-hybridized carbons (Fsp3) is 0.211. The van der Waals surface area contributed by atoms with E-state index in [2.05, 4.69) is 5.32 Å².